The third kappa shape index (κ3) is 4.18. The van der Waals surface area contributed by atoms with E-state index < -0.39 is 5.60 Å². The summed E-state index contributed by atoms with van der Waals surface area (Å²) >= 11 is 0. The Morgan fingerprint density at radius 1 is 1.40 bits per heavy atom. The van der Waals surface area contributed by atoms with Crippen LogP contribution in [0.3, 0.4) is 0 Å². The van der Waals surface area contributed by atoms with Crippen molar-refractivity contribution in [1.82, 2.24) is 0 Å². The van der Waals surface area contributed by atoms with Gasteiger partial charge in [0.05, 0.1) is 12.0 Å². The van der Waals surface area contributed by atoms with E-state index in [4.69, 9.17) is 14.6 Å². The van der Waals surface area contributed by atoms with Gasteiger partial charge >= 0.3 is 5.97 Å². The minimum absolute atomic E-state index is 0.00696. The first kappa shape index (κ1) is 12.5. The van der Waals surface area contributed by atoms with Crippen LogP contribution in [0, 0.1) is 5.92 Å². The summed E-state index contributed by atoms with van der Waals surface area (Å²) in [6.07, 6.45) is 2.28. The summed E-state index contributed by atoms with van der Waals surface area (Å²) in [5, 5.41) is 8.60. The molecule has 0 radical (unpaired) electrons. The number of aliphatic hydroxyl groups is 1. The molecule has 1 aliphatic carbocycles. The fraction of sp³-hybridized carbons (Fsp3) is 0.909. The highest BCUT2D eigenvalue weighted by Gasteiger charge is 2.33. The first-order valence-electron chi connectivity index (χ1n) is 5.37. The molecule has 1 aliphatic rings. The van der Waals surface area contributed by atoms with Crippen molar-refractivity contribution in [3.63, 3.8) is 0 Å². The molecule has 0 aromatic heterocycles. The molecule has 0 unspecified atom stereocenters. The molecule has 0 bridgehead atoms. The van der Waals surface area contributed by atoms with Gasteiger partial charge in [-0.15, -0.1) is 0 Å². The minimum Gasteiger partial charge on any atom is -0.460 e. The maximum atomic E-state index is 11.7. The van der Waals surface area contributed by atoms with Crippen molar-refractivity contribution < 1.29 is 19.4 Å². The zero-order chi connectivity index (χ0) is 11.5. The van der Waals surface area contributed by atoms with Crippen LogP contribution in [0.25, 0.3) is 0 Å². The Morgan fingerprint density at radius 3 is 2.60 bits per heavy atom. The van der Waals surface area contributed by atoms with E-state index in [2.05, 4.69) is 0 Å². The van der Waals surface area contributed by atoms with Gasteiger partial charge in [0.15, 0.2) is 0 Å². The van der Waals surface area contributed by atoms with Gasteiger partial charge < -0.3 is 14.6 Å². The standard InChI is InChI=1S/C11H20O4/c1-11(2,3)15-10(13)8-4-5-9(6-8)14-7-12/h8-9,12H,4-7H2,1-3H3/t8-,9-/m1/s1. The third-order valence-corrected chi connectivity index (χ3v) is 2.43. The summed E-state index contributed by atoms with van der Waals surface area (Å²) in [7, 11) is 0. The van der Waals surface area contributed by atoms with Gasteiger partial charge in [-0.25, -0.2) is 0 Å². The molecule has 88 valence electrons. The van der Waals surface area contributed by atoms with E-state index in [-0.39, 0.29) is 24.8 Å². The molecule has 1 N–H and O–H groups in total. The number of carbonyl (C=O) groups excluding carboxylic acids is 1. The van der Waals surface area contributed by atoms with Crippen LogP contribution < -0.4 is 0 Å². The highest BCUT2D eigenvalue weighted by molar-refractivity contribution is 5.73. The molecule has 1 rings (SSSR count). The predicted octanol–water partition coefficient (Wildman–Crippen LogP) is 1.46. The van der Waals surface area contributed by atoms with Gasteiger partial charge in [0.2, 0.25) is 0 Å². The van der Waals surface area contributed by atoms with Crippen molar-refractivity contribution in [1.29, 1.82) is 0 Å². The van der Waals surface area contributed by atoms with E-state index in [0.717, 1.165) is 12.8 Å². The maximum Gasteiger partial charge on any atom is 0.309 e. The van der Waals surface area contributed by atoms with Crippen molar-refractivity contribution in [2.45, 2.75) is 51.7 Å². The van der Waals surface area contributed by atoms with Crippen LogP contribution in [-0.4, -0.2) is 29.6 Å². The summed E-state index contributed by atoms with van der Waals surface area (Å²) < 4.78 is 10.4. The lowest BCUT2D eigenvalue weighted by molar-refractivity contribution is -0.160. The number of hydrogen-bond acceptors (Lipinski definition) is 4. The molecule has 4 nitrogen and oxygen atoms in total. The zero-order valence-electron chi connectivity index (χ0n) is 9.66. The van der Waals surface area contributed by atoms with Crippen LogP contribution >= 0.6 is 0 Å². The quantitative estimate of drug-likeness (QED) is 0.573. The van der Waals surface area contributed by atoms with E-state index in [9.17, 15) is 4.79 Å². The molecule has 2 atom stereocenters. The molecule has 1 saturated carbocycles. The van der Waals surface area contributed by atoms with Gasteiger partial charge in [-0.05, 0) is 40.0 Å². The summed E-state index contributed by atoms with van der Waals surface area (Å²) in [4.78, 5) is 11.7. The van der Waals surface area contributed by atoms with Crippen LogP contribution in [0.1, 0.15) is 40.0 Å². The molecule has 1 fully saturated rings. The van der Waals surface area contributed by atoms with Crippen LogP contribution in [0.4, 0.5) is 0 Å². The van der Waals surface area contributed by atoms with Gasteiger partial charge in [0.25, 0.3) is 0 Å². The van der Waals surface area contributed by atoms with E-state index in [1.807, 2.05) is 20.8 Å². The van der Waals surface area contributed by atoms with E-state index in [1.165, 1.54) is 0 Å². The topological polar surface area (TPSA) is 55.8 Å². The number of carbonyl (C=O) groups is 1. The summed E-state index contributed by atoms with van der Waals surface area (Å²) in [6, 6.07) is 0. The van der Waals surface area contributed by atoms with Crippen molar-refractivity contribution in [3.05, 3.63) is 0 Å². The van der Waals surface area contributed by atoms with Gasteiger partial charge in [-0.1, -0.05) is 0 Å². The average molecular weight is 216 g/mol. The molecule has 0 saturated heterocycles. The lowest BCUT2D eigenvalue weighted by Gasteiger charge is -2.22. The molecule has 0 aromatic carbocycles. The Bertz CT molecular complexity index is 219. The minimum atomic E-state index is -0.424. The highest BCUT2D eigenvalue weighted by atomic mass is 16.6. The SMILES string of the molecule is CC(C)(C)OC(=O)[C@@H]1CC[C@@H](OCO)C1. The largest absolute Gasteiger partial charge is 0.460 e. The fourth-order valence-corrected chi connectivity index (χ4v) is 1.80. The highest BCUT2D eigenvalue weighted by Crippen LogP contribution is 2.29. The van der Waals surface area contributed by atoms with Crippen molar-refractivity contribution >= 4 is 5.97 Å². The summed E-state index contributed by atoms with van der Waals surface area (Å²) in [5.41, 5.74) is -0.424. The van der Waals surface area contributed by atoms with Crippen LogP contribution in [0.5, 0.6) is 0 Å². The molecule has 0 heterocycles. The van der Waals surface area contributed by atoms with Crippen LogP contribution in [0.15, 0.2) is 0 Å². The van der Waals surface area contributed by atoms with Crippen molar-refractivity contribution in [3.8, 4) is 0 Å². The van der Waals surface area contributed by atoms with Crippen LogP contribution in [-0.2, 0) is 14.3 Å². The van der Waals surface area contributed by atoms with E-state index in [1.54, 1.807) is 0 Å². The first-order valence-corrected chi connectivity index (χ1v) is 5.37. The molecule has 0 spiro atoms. The molecule has 0 aliphatic heterocycles. The Morgan fingerprint density at radius 2 is 2.07 bits per heavy atom. The smallest absolute Gasteiger partial charge is 0.309 e. The Balaban J connectivity index is 2.37. The van der Waals surface area contributed by atoms with Gasteiger partial charge in [0.1, 0.15) is 12.4 Å². The molecule has 0 amide bonds. The van der Waals surface area contributed by atoms with Gasteiger partial charge in [0, 0.05) is 0 Å². The number of esters is 1. The van der Waals surface area contributed by atoms with E-state index in [0.29, 0.717) is 6.42 Å². The zero-order valence-corrected chi connectivity index (χ0v) is 9.66. The monoisotopic (exact) mass is 216 g/mol. The number of aliphatic hydroxyl groups excluding tert-OH is 1. The second-order valence-corrected chi connectivity index (χ2v) is 4.96. The lowest BCUT2D eigenvalue weighted by Crippen LogP contribution is -2.28. The Labute approximate surface area is 90.6 Å². The number of hydrogen-bond donors (Lipinski definition) is 1. The van der Waals surface area contributed by atoms with Crippen molar-refractivity contribution in [2.24, 2.45) is 5.92 Å². The fourth-order valence-electron chi connectivity index (χ4n) is 1.80. The molecular formula is C11H20O4. The number of rotatable bonds is 3. The molecule has 4 heteroatoms. The predicted molar refractivity (Wildman–Crippen MR) is 55.1 cm³/mol. The second kappa shape index (κ2) is 4.94. The third-order valence-electron chi connectivity index (χ3n) is 2.43. The summed E-state index contributed by atoms with van der Waals surface area (Å²) in [5.74, 6) is -0.215. The van der Waals surface area contributed by atoms with Gasteiger partial charge in [-0.2, -0.15) is 0 Å². The second-order valence-electron chi connectivity index (χ2n) is 4.96. The van der Waals surface area contributed by atoms with E-state index >= 15 is 0 Å². The molecular weight excluding hydrogens is 196 g/mol. The average Bonchev–Trinajstić information content (AvgIpc) is 2.50. The van der Waals surface area contributed by atoms with Crippen LogP contribution in [0.2, 0.25) is 0 Å². The Kier molecular flexibility index (Phi) is 4.11. The summed E-state index contributed by atoms with van der Waals surface area (Å²) in [6.45, 7) is 5.32. The molecule has 15 heavy (non-hydrogen) atoms. The first-order chi connectivity index (χ1) is 6.92. The normalized spacial score (nSPS) is 26.7. The number of ether oxygens (including phenoxy) is 2. The lowest BCUT2D eigenvalue weighted by atomic mass is 10.1. The Hall–Kier alpha value is -0.610. The van der Waals surface area contributed by atoms with Crippen molar-refractivity contribution in [2.75, 3.05) is 6.79 Å². The van der Waals surface area contributed by atoms with Gasteiger partial charge in [-0.3, -0.25) is 4.79 Å². The molecule has 0 aromatic rings. The maximum absolute atomic E-state index is 11.7.